The first kappa shape index (κ1) is 17.7. The molecule has 0 radical (unpaired) electrons. The highest BCUT2D eigenvalue weighted by Gasteiger charge is 2.33. The topological polar surface area (TPSA) is 53.0 Å². The largest absolute Gasteiger partial charge is 0.496 e. The zero-order valence-corrected chi connectivity index (χ0v) is 15.1. The zero-order valence-electron chi connectivity index (χ0n) is 15.1. The minimum Gasteiger partial charge on any atom is -0.496 e. The minimum atomic E-state index is -0.557. The van der Waals surface area contributed by atoms with Crippen LogP contribution in [0.2, 0.25) is 0 Å². The Morgan fingerprint density at radius 2 is 2.00 bits per heavy atom. The van der Waals surface area contributed by atoms with E-state index in [0.717, 1.165) is 28.6 Å². The summed E-state index contributed by atoms with van der Waals surface area (Å²) in [5, 5.41) is 12.3. The fourth-order valence-electron chi connectivity index (χ4n) is 3.61. The monoisotopic (exact) mass is 342 g/mol. The third kappa shape index (κ3) is 3.62. The van der Waals surface area contributed by atoms with E-state index >= 15 is 0 Å². The van der Waals surface area contributed by atoms with Gasteiger partial charge < -0.3 is 19.6 Å². The van der Waals surface area contributed by atoms with Crippen LogP contribution in [0.15, 0.2) is 36.4 Å². The molecule has 0 saturated carbocycles. The lowest BCUT2D eigenvalue weighted by Gasteiger charge is -2.35. The molecule has 0 aromatic heterocycles. The molecule has 134 valence electrons. The van der Waals surface area contributed by atoms with Crippen LogP contribution < -0.4 is 4.74 Å². The summed E-state index contributed by atoms with van der Waals surface area (Å²) in [5.41, 5.74) is 1.07. The number of hydrogen-bond acceptors (Lipinski definition) is 4. The van der Waals surface area contributed by atoms with Crippen molar-refractivity contribution >= 4 is 16.7 Å². The lowest BCUT2D eigenvalue weighted by molar-refractivity contribution is -0.141. The highest BCUT2D eigenvalue weighted by Crippen LogP contribution is 2.29. The predicted octanol–water partition coefficient (Wildman–Crippen LogP) is 2.12. The third-order valence-electron chi connectivity index (χ3n) is 5.07. The first-order chi connectivity index (χ1) is 12.0. The summed E-state index contributed by atoms with van der Waals surface area (Å²) in [6.07, 6.45) is 0.0884. The van der Waals surface area contributed by atoms with Crippen LogP contribution in [0, 0.1) is 5.92 Å². The lowest BCUT2D eigenvalue weighted by atomic mass is 9.93. The molecule has 1 fully saturated rings. The molecule has 5 heteroatoms. The van der Waals surface area contributed by atoms with Crippen molar-refractivity contribution < 1.29 is 14.6 Å². The number of carbonyl (C=O) groups excluding carboxylic acids is 1. The van der Waals surface area contributed by atoms with Gasteiger partial charge in [0, 0.05) is 32.1 Å². The van der Waals surface area contributed by atoms with Crippen LogP contribution >= 0.6 is 0 Å². The summed E-state index contributed by atoms with van der Waals surface area (Å²) >= 11 is 0. The van der Waals surface area contributed by atoms with Gasteiger partial charge >= 0.3 is 0 Å². The Morgan fingerprint density at radius 3 is 2.72 bits per heavy atom. The van der Waals surface area contributed by atoms with Crippen molar-refractivity contribution in [3.63, 3.8) is 0 Å². The van der Waals surface area contributed by atoms with Crippen molar-refractivity contribution in [2.24, 2.45) is 5.92 Å². The van der Waals surface area contributed by atoms with Crippen molar-refractivity contribution in [1.29, 1.82) is 0 Å². The highest BCUT2D eigenvalue weighted by molar-refractivity contribution is 5.91. The molecular formula is C20H26N2O3. The SMILES string of the molecule is COc1ccc(CN(C)C(=O)[C@@H]2CN(C)CC[C@H]2O)c2ccccc12. The molecule has 2 aromatic rings. The number of amides is 1. The summed E-state index contributed by atoms with van der Waals surface area (Å²) in [6.45, 7) is 1.95. The van der Waals surface area contributed by atoms with Crippen LogP contribution in [-0.4, -0.2) is 61.2 Å². The van der Waals surface area contributed by atoms with E-state index < -0.39 is 6.10 Å². The molecule has 5 nitrogen and oxygen atoms in total. The van der Waals surface area contributed by atoms with Crippen LogP contribution in [0.25, 0.3) is 10.8 Å². The lowest BCUT2D eigenvalue weighted by Crippen LogP contribution is -2.48. The van der Waals surface area contributed by atoms with E-state index in [9.17, 15) is 9.90 Å². The standard InChI is InChI=1S/C20H26N2O3/c1-21-11-10-18(23)17(13-21)20(24)22(2)12-14-8-9-19(25-3)16-7-5-4-6-15(14)16/h4-9,17-18,23H,10-13H2,1-3H3/t17-,18-/m1/s1. The van der Waals surface area contributed by atoms with Crippen molar-refractivity contribution in [1.82, 2.24) is 9.80 Å². The number of methoxy groups -OCH3 is 1. The molecule has 3 rings (SSSR count). The quantitative estimate of drug-likeness (QED) is 0.925. The van der Waals surface area contributed by atoms with Gasteiger partial charge in [0.25, 0.3) is 0 Å². The minimum absolute atomic E-state index is 0.000973. The summed E-state index contributed by atoms with van der Waals surface area (Å²) in [6, 6.07) is 12.0. The van der Waals surface area contributed by atoms with Crippen molar-refractivity contribution in [2.45, 2.75) is 19.1 Å². The number of likely N-dealkylation sites (tertiary alicyclic amines) is 1. The molecule has 1 saturated heterocycles. The average Bonchev–Trinajstić information content (AvgIpc) is 2.63. The van der Waals surface area contributed by atoms with Gasteiger partial charge in [-0.05, 0) is 30.5 Å². The molecule has 25 heavy (non-hydrogen) atoms. The zero-order chi connectivity index (χ0) is 18.0. The Bertz CT molecular complexity index is 762. The molecule has 0 aliphatic carbocycles. The number of ether oxygens (including phenoxy) is 1. The predicted molar refractivity (Wildman–Crippen MR) is 98.6 cm³/mol. The highest BCUT2D eigenvalue weighted by atomic mass is 16.5. The van der Waals surface area contributed by atoms with Gasteiger partial charge in [-0.15, -0.1) is 0 Å². The van der Waals surface area contributed by atoms with Gasteiger partial charge in [-0.25, -0.2) is 0 Å². The van der Waals surface area contributed by atoms with E-state index in [1.54, 1.807) is 12.0 Å². The molecule has 1 aliphatic rings. The normalized spacial score (nSPS) is 21.3. The number of rotatable bonds is 4. The van der Waals surface area contributed by atoms with Gasteiger partial charge in [0.1, 0.15) is 5.75 Å². The number of benzene rings is 2. The average molecular weight is 342 g/mol. The van der Waals surface area contributed by atoms with Gasteiger partial charge in [-0.2, -0.15) is 0 Å². The third-order valence-corrected chi connectivity index (χ3v) is 5.07. The van der Waals surface area contributed by atoms with Gasteiger partial charge in [0.15, 0.2) is 0 Å². The van der Waals surface area contributed by atoms with Gasteiger partial charge in [0.2, 0.25) is 5.91 Å². The number of piperidine rings is 1. The molecule has 1 amide bonds. The first-order valence-corrected chi connectivity index (χ1v) is 8.67. The Morgan fingerprint density at radius 1 is 1.28 bits per heavy atom. The van der Waals surface area contributed by atoms with Crippen molar-refractivity contribution in [2.75, 3.05) is 34.3 Å². The number of hydrogen-bond donors (Lipinski definition) is 1. The smallest absolute Gasteiger partial charge is 0.229 e. The molecule has 1 aliphatic heterocycles. The van der Waals surface area contributed by atoms with Crippen LogP contribution in [0.1, 0.15) is 12.0 Å². The van der Waals surface area contributed by atoms with Crippen LogP contribution in [0.3, 0.4) is 0 Å². The fourth-order valence-corrected chi connectivity index (χ4v) is 3.61. The molecule has 2 atom stereocenters. The molecule has 0 bridgehead atoms. The Labute approximate surface area is 148 Å². The van der Waals surface area contributed by atoms with E-state index in [-0.39, 0.29) is 11.8 Å². The number of carbonyl (C=O) groups is 1. The molecule has 1 heterocycles. The second kappa shape index (κ2) is 7.42. The number of nitrogens with zero attached hydrogens (tertiary/aromatic N) is 2. The van der Waals surface area contributed by atoms with E-state index in [1.165, 1.54) is 0 Å². The van der Waals surface area contributed by atoms with Crippen molar-refractivity contribution in [3.05, 3.63) is 42.0 Å². The second-order valence-electron chi connectivity index (χ2n) is 6.89. The maximum Gasteiger partial charge on any atom is 0.229 e. The van der Waals surface area contributed by atoms with Gasteiger partial charge in [-0.3, -0.25) is 4.79 Å². The molecule has 0 spiro atoms. The molecule has 2 aromatic carbocycles. The summed E-state index contributed by atoms with van der Waals surface area (Å²) in [5.74, 6) is 0.477. The summed E-state index contributed by atoms with van der Waals surface area (Å²) in [7, 11) is 5.46. The fraction of sp³-hybridized carbons (Fsp3) is 0.450. The number of aliphatic hydroxyl groups is 1. The van der Waals surface area contributed by atoms with Crippen LogP contribution in [-0.2, 0) is 11.3 Å². The maximum absolute atomic E-state index is 12.8. The summed E-state index contributed by atoms with van der Waals surface area (Å²) < 4.78 is 5.44. The second-order valence-corrected chi connectivity index (χ2v) is 6.89. The van der Waals surface area contributed by atoms with Crippen molar-refractivity contribution in [3.8, 4) is 5.75 Å². The van der Waals surface area contributed by atoms with Crippen LogP contribution in [0.4, 0.5) is 0 Å². The molecule has 0 unspecified atom stereocenters. The number of aliphatic hydroxyl groups excluding tert-OH is 1. The molecule has 1 N–H and O–H groups in total. The maximum atomic E-state index is 12.8. The van der Waals surface area contributed by atoms with E-state index in [2.05, 4.69) is 11.0 Å². The first-order valence-electron chi connectivity index (χ1n) is 8.67. The van der Waals surface area contributed by atoms with Crippen LogP contribution in [0.5, 0.6) is 5.75 Å². The number of fused-ring (bicyclic) bond motifs is 1. The Balaban J connectivity index is 1.82. The Hall–Kier alpha value is -2.11. The summed E-state index contributed by atoms with van der Waals surface area (Å²) in [4.78, 5) is 16.7. The van der Waals surface area contributed by atoms with Gasteiger partial charge in [0.05, 0.1) is 19.1 Å². The van der Waals surface area contributed by atoms with E-state index in [0.29, 0.717) is 19.5 Å². The van der Waals surface area contributed by atoms with E-state index in [1.807, 2.05) is 44.4 Å². The molecular weight excluding hydrogens is 316 g/mol. The van der Waals surface area contributed by atoms with E-state index in [4.69, 9.17) is 4.74 Å². The Kier molecular flexibility index (Phi) is 5.25. The van der Waals surface area contributed by atoms with Gasteiger partial charge in [-0.1, -0.05) is 30.3 Å².